The maximum absolute atomic E-state index is 12.5. The van der Waals surface area contributed by atoms with Crippen LogP contribution in [0.15, 0.2) is 72.8 Å². The van der Waals surface area contributed by atoms with E-state index in [9.17, 15) is 9.59 Å². The molecule has 30 heavy (non-hydrogen) atoms. The average Bonchev–Trinajstić information content (AvgIpc) is 2.78. The largest absolute Gasteiger partial charge is 0.496 e. The summed E-state index contributed by atoms with van der Waals surface area (Å²) in [6.07, 6.45) is 0. The van der Waals surface area contributed by atoms with Gasteiger partial charge in [-0.3, -0.25) is 4.79 Å². The second-order valence-electron chi connectivity index (χ2n) is 6.07. The van der Waals surface area contributed by atoms with Gasteiger partial charge in [-0.2, -0.15) is 0 Å². The van der Waals surface area contributed by atoms with E-state index in [0.717, 1.165) is 0 Å². The topological polar surface area (TPSA) is 83.1 Å². The first kappa shape index (κ1) is 20.7. The summed E-state index contributed by atoms with van der Waals surface area (Å²) < 4.78 is 21.3. The number of benzene rings is 3. The molecule has 0 aliphatic rings. The van der Waals surface area contributed by atoms with Crippen LogP contribution in [0.2, 0.25) is 0 Å². The van der Waals surface area contributed by atoms with Crippen molar-refractivity contribution in [3.05, 3.63) is 78.4 Å². The van der Waals surface area contributed by atoms with Gasteiger partial charge in [0.1, 0.15) is 22.8 Å². The summed E-state index contributed by atoms with van der Waals surface area (Å²) in [4.78, 5) is 24.8. The molecule has 0 aromatic heterocycles. The number of esters is 1. The minimum absolute atomic E-state index is 0.114. The van der Waals surface area contributed by atoms with Crippen molar-refractivity contribution in [2.75, 3.05) is 26.1 Å². The first-order valence-corrected chi connectivity index (χ1v) is 9.12. The number of hydrogen-bond acceptors (Lipinski definition) is 6. The number of ether oxygens (including phenoxy) is 4. The maximum atomic E-state index is 12.5. The first-order valence-electron chi connectivity index (χ1n) is 9.12. The Hall–Kier alpha value is -4.00. The lowest BCUT2D eigenvalue weighted by Gasteiger charge is -2.14. The second kappa shape index (κ2) is 9.97. The van der Waals surface area contributed by atoms with E-state index in [4.69, 9.17) is 18.9 Å². The Bertz CT molecular complexity index is 997. The summed E-state index contributed by atoms with van der Waals surface area (Å²) in [5.74, 6) is 0.445. The van der Waals surface area contributed by atoms with Gasteiger partial charge in [0, 0.05) is 0 Å². The molecule has 0 unspecified atom stereocenters. The molecule has 0 fully saturated rings. The highest BCUT2D eigenvalue weighted by Gasteiger charge is 2.21. The van der Waals surface area contributed by atoms with E-state index in [2.05, 4.69) is 5.32 Å². The Morgan fingerprint density at radius 1 is 0.767 bits per heavy atom. The fraction of sp³-hybridized carbons (Fsp3) is 0.130. The van der Waals surface area contributed by atoms with E-state index in [-0.39, 0.29) is 5.56 Å². The van der Waals surface area contributed by atoms with Gasteiger partial charge in [0.05, 0.1) is 19.9 Å². The van der Waals surface area contributed by atoms with Gasteiger partial charge in [-0.25, -0.2) is 4.79 Å². The van der Waals surface area contributed by atoms with E-state index in [0.29, 0.717) is 28.7 Å². The van der Waals surface area contributed by atoms with E-state index in [1.165, 1.54) is 14.2 Å². The molecule has 7 heteroatoms. The predicted octanol–water partition coefficient (Wildman–Crippen LogP) is 4.29. The molecule has 7 nitrogen and oxygen atoms in total. The molecule has 0 radical (unpaired) electrons. The smallest absolute Gasteiger partial charge is 0.346 e. The number of anilines is 1. The quantitative estimate of drug-likeness (QED) is 0.561. The summed E-state index contributed by atoms with van der Waals surface area (Å²) in [5, 5.41) is 2.69. The fourth-order valence-electron chi connectivity index (χ4n) is 2.72. The number of carbonyl (C=O) groups is 2. The van der Waals surface area contributed by atoms with Crippen LogP contribution in [0, 0.1) is 0 Å². The van der Waals surface area contributed by atoms with Gasteiger partial charge in [-0.05, 0) is 36.4 Å². The van der Waals surface area contributed by atoms with Crippen molar-refractivity contribution in [2.24, 2.45) is 0 Å². The lowest BCUT2D eigenvalue weighted by Crippen LogP contribution is -2.21. The molecular weight excluding hydrogens is 386 g/mol. The highest BCUT2D eigenvalue weighted by Crippen LogP contribution is 2.30. The van der Waals surface area contributed by atoms with E-state index in [1.807, 2.05) is 18.2 Å². The van der Waals surface area contributed by atoms with Crippen LogP contribution < -0.4 is 19.5 Å². The molecule has 3 aromatic carbocycles. The highest BCUT2D eigenvalue weighted by molar-refractivity contribution is 5.99. The third-order valence-electron chi connectivity index (χ3n) is 4.10. The van der Waals surface area contributed by atoms with Crippen molar-refractivity contribution in [3.63, 3.8) is 0 Å². The van der Waals surface area contributed by atoms with Gasteiger partial charge in [-0.15, -0.1) is 0 Å². The number of para-hydroxylation sites is 3. The zero-order valence-electron chi connectivity index (χ0n) is 16.6. The first-order chi connectivity index (χ1) is 14.6. The predicted molar refractivity (Wildman–Crippen MR) is 111 cm³/mol. The standard InChI is InChI=1S/C23H21NO6/c1-27-19-13-8-14-20(28-2)22(19)23(26)29-15-21(25)24-17-11-6-7-12-18(17)30-16-9-4-3-5-10-16/h3-14H,15H2,1-2H3,(H,24,25). The third-order valence-corrected chi connectivity index (χ3v) is 4.10. The average molecular weight is 407 g/mol. The maximum Gasteiger partial charge on any atom is 0.346 e. The Labute approximate surface area is 174 Å². The van der Waals surface area contributed by atoms with Crippen LogP contribution in [0.3, 0.4) is 0 Å². The Morgan fingerprint density at radius 2 is 1.37 bits per heavy atom. The normalized spacial score (nSPS) is 10.1. The van der Waals surface area contributed by atoms with E-state index < -0.39 is 18.5 Å². The lowest BCUT2D eigenvalue weighted by atomic mass is 10.2. The van der Waals surface area contributed by atoms with Crippen LogP contribution in [-0.2, 0) is 9.53 Å². The van der Waals surface area contributed by atoms with Gasteiger partial charge in [0.25, 0.3) is 5.91 Å². The number of hydrogen-bond donors (Lipinski definition) is 1. The number of amides is 1. The number of methoxy groups -OCH3 is 2. The monoisotopic (exact) mass is 407 g/mol. The second-order valence-corrected chi connectivity index (χ2v) is 6.07. The SMILES string of the molecule is COc1cccc(OC)c1C(=O)OCC(=O)Nc1ccccc1Oc1ccccc1. The highest BCUT2D eigenvalue weighted by atomic mass is 16.5. The molecule has 0 bridgehead atoms. The summed E-state index contributed by atoms with van der Waals surface area (Å²) >= 11 is 0. The number of rotatable bonds is 8. The molecule has 1 amide bonds. The van der Waals surface area contributed by atoms with Crippen molar-refractivity contribution < 1.29 is 28.5 Å². The van der Waals surface area contributed by atoms with Crippen LogP contribution in [-0.4, -0.2) is 32.7 Å². The van der Waals surface area contributed by atoms with Gasteiger partial charge in [-0.1, -0.05) is 36.4 Å². The molecule has 0 spiro atoms. The molecule has 0 atom stereocenters. The zero-order chi connectivity index (χ0) is 21.3. The number of carbonyl (C=O) groups excluding carboxylic acids is 2. The molecule has 3 rings (SSSR count). The van der Waals surface area contributed by atoms with Crippen molar-refractivity contribution in [3.8, 4) is 23.0 Å². The lowest BCUT2D eigenvalue weighted by molar-refractivity contribution is -0.119. The third kappa shape index (κ3) is 5.08. The molecule has 154 valence electrons. The van der Waals surface area contributed by atoms with Crippen LogP contribution >= 0.6 is 0 Å². The molecule has 0 heterocycles. The molecule has 0 saturated carbocycles. The van der Waals surface area contributed by atoms with Crippen molar-refractivity contribution in [1.82, 2.24) is 0 Å². The molecule has 0 aliphatic carbocycles. The van der Waals surface area contributed by atoms with Crippen molar-refractivity contribution in [2.45, 2.75) is 0 Å². The molecule has 3 aromatic rings. The minimum Gasteiger partial charge on any atom is -0.496 e. The van der Waals surface area contributed by atoms with Crippen LogP contribution in [0.4, 0.5) is 5.69 Å². The fourth-order valence-corrected chi connectivity index (χ4v) is 2.72. The summed E-state index contributed by atoms with van der Waals surface area (Å²) in [7, 11) is 2.86. The summed E-state index contributed by atoms with van der Waals surface area (Å²) in [6, 6.07) is 21.1. The Balaban J connectivity index is 1.65. The van der Waals surface area contributed by atoms with Gasteiger partial charge in [0.2, 0.25) is 0 Å². The Morgan fingerprint density at radius 3 is 2.03 bits per heavy atom. The van der Waals surface area contributed by atoms with Crippen molar-refractivity contribution in [1.29, 1.82) is 0 Å². The molecule has 0 saturated heterocycles. The van der Waals surface area contributed by atoms with Gasteiger partial charge >= 0.3 is 5.97 Å². The summed E-state index contributed by atoms with van der Waals surface area (Å²) in [5.41, 5.74) is 0.570. The summed E-state index contributed by atoms with van der Waals surface area (Å²) in [6.45, 7) is -0.486. The van der Waals surface area contributed by atoms with Gasteiger partial charge < -0.3 is 24.3 Å². The minimum atomic E-state index is -0.728. The molecular formula is C23H21NO6. The molecule has 0 aliphatic heterocycles. The zero-order valence-corrected chi connectivity index (χ0v) is 16.6. The van der Waals surface area contributed by atoms with Gasteiger partial charge in [0.15, 0.2) is 12.4 Å². The van der Waals surface area contributed by atoms with Crippen LogP contribution in [0.5, 0.6) is 23.0 Å². The van der Waals surface area contributed by atoms with Crippen molar-refractivity contribution >= 4 is 17.6 Å². The van der Waals surface area contributed by atoms with E-state index >= 15 is 0 Å². The Kier molecular flexibility index (Phi) is 6.89. The van der Waals surface area contributed by atoms with Crippen LogP contribution in [0.1, 0.15) is 10.4 Å². The van der Waals surface area contributed by atoms with Crippen LogP contribution in [0.25, 0.3) is 0 Å². The number of nitrogens with one attached hydrogen (secondary N) is 1. The van der Waals surface area contributed by atoms with E-state index in [1.54, 1.807) is 54.6 Å². The molecule has 1 N–H and O–H groups in total.